The van der Waals surface area contributed by atoms with Crippen LogP contribution in [0.5, 0.6) is 0 Å². The van der Waals surface area contributed by atoms with Gasteiger partial charge >= 0.3 is 0 Å². The molecule has 106 valence electrons. The summed E-state index contributed by atoms with van der Waals surface area (Å²) in [6, 6.07) is 7.84. The van der Waals surface area contributed by atoms with Crippen molar-refractivity contribution in [2.45, 2.75) is 18.9 Å². The van der Waals surface area contributed by atoms with E-state index in [9.17, 15) is 9.90 Å². The first kappa shape index (κ1) is 13.3. The summed E-state index contributed by atoms with van der Waals surface area (Å²) >= 11 is 0. The Morgan fingerprint density at radius 3 is 2.90 bits per heavy atom. The van der Waals surface area contributed by atoms with Gasteiger partial charge in [0, 0.05) is 19.2 Å². The zero-order valence-electron chi connectivity index (χ0n) is 11.9. The van der Waals surface area contributed by atoms with E-state index in [-0.39, 0.29) is 5.91 Å². The van der Waals surface area contributed by atoms with E-state index in [1.54, 1.807) is 4.90 Å². The van der Waals surface area contributed by atoms with Crippen molar-refractivity contribution in [1.82, 2.24) is 9.49 Å². The molecule has 1 saturated heterocycles. The molecule has 0 bridgehead atoms. The first-order valence-electron chi connectivity index (χ1n) is 7.00. The monoisotopic (exact) mass is 274 g/mol. The summed E-state index contributed by atoms with van der Waals surface area (Å²) in [5, 5.41) is 14.3. The Morgan fingerprint density at radius 1 is 1.40 bits per heavy atom. The van der Waals surface area contributed by atoms with Crippen molar-refractivity contribution in [3.63, 3.8) is 0 Å². The Bertz CT molecular complexity index is 580. The summed E-state index contributed by atoms with van der Waals surface area (Å²) in [6.07, 6.45) is 1.21. The van der Waals surface area contributed by atoms with E-state index >= 15 is 0 Å². The second kappa shape index (κ2) is 4.68. The van der Waals surface area contributed by atoms with Crippen molar-refractivity contribution in [3.8, 4) is 0 Å². The van der Waals surface area contributed by atoms with E-state index in [4.69, 9.17) is 0 Å². The standard InChI is InChI=1S/C15H20N3O2/c1-18(2)13-8-4-3-7-12(13)14(16-18)15(20)17-9-5-6-11(19)10-17/h3-4,7-8,11,19H,5-6,9-10H2,1-2H3/q+1. The average Bonchev–Trinajstić information content (AvgIpc) is 2.71. The highest BCUT2D eigenvalue weighted by molar-refractivity contribution is 6.47. The number of carbonyl (C=O) groups is 1. The summed E-state index contributed by atoms with van der Waals surface area (Å²) < 4.78 is 0.341. The number of carbonyl (C=O) groups excluding carboxylic acids is 1. The topological polar surface area (TPSA) is 52.9 Å². The Labute approximate surface area is 118 Å². The van der Waals surface area contributed by atoms with Crippen molar-refractivity contribution < 1.29 is 9.90 Å². The lowest BCUT2D eigenvalue weighted by molar-refractivity contribution is -0.126. The van der Waals surface area contributed by atoms with Gasteiger partial charge in [0.2, 0.25) is 0 Å². The van der Waals surface area contributed by atoms with Crippen LogP contribution < -0.4 is 4.59 Å². The average molecular weight is 274 g/mol. The van der Waals surface area contributed by atoms with Gasteiger partial charge in [-0.25, -0.2) is 0 Å². The van der Waals surface area contributed by atoms with Gasteiger partial charge < -0.3 is 10.0 Å². The summed E-state index contributed by atoms with van der Waals surface area (Å²) in [5.41, 5.74) is 2.45. The zero-order valence-corrected chi connectivity index (χ0v) is 11.9. The highest BCUT2D eigenvalue weighted by Gasteiger charge is 2.39. The van der Waals surface area contributed by atoms with Crippen molar-refractivity contribution in [2.24, 2.45) is 5.10 Å². The minimum atomic E-state index is -0.410. The molecule has 2 heterocycles. The maximum atomic E-state index is 12.7. The molecule has 1 unspecified atom stereocenters. The van der Waals surface area contributed by atoms with Crippen molar-refractivity contribution in [2.75, 3.05) is 27.2 Å². The molecule has 0 aliphatic carbocycles. The number of hydrogen-bond acceptors (Lipinski definition) is 3. The van der Waals surface area contributed by atoms with Gasteiger partial charge in [-0.2, -0.15) is 4.59 Å². The first-order valence-corrected chi connectivity index (χ1v) is 7.00. The van der Waals surface area contributed by atoms with Gasteiger partial charge in [0.15, 0.2) is 11.4 Å². The van der Waals surface area contributed by atoms with E-state index in [1.165, 1.54) is 0 Å². The SMILES string of the molecule is C[N+]1(C)N=C(C(=O)N2CCCC(O)C2)c2ccccc21. The lowest BCUT2D eigenvalue weighted by Gasteiger charge is -2.29. The molecule has 0 spiro atoms. The highest BCUT2D eigenvalue weighted by atomic mass is 16.3. The molecule has 5 heteroatoms. The molecule has 20 heavy (non-hydrogen) atoms. The maximum absolute atomic E-state index is 12.7. The van der Waals surface area contributed by atoms with Crippen LogP contribution in [0.1, 0.15) is 18.4 Å². The second-order valence-electron chi connectivity index (χ2n) is 5.91. The van der Waals surface area contributed by atoms with Crippen LogP contribution in [-0.4, -0.2) is 54.9 Å². The van der Waals surface area contributed by atoms with Gasteiger partial charge in [-0.3, -0.25) is 4.79 Å². The molecule has 0 radical (unpaired) electrons. The fraction of sp³-hybridized carbons (Fsp3) is 0.467. The third-order valence-corrected chi connectivity index (χ3v) is 3.99. The number of quaternary nitrogens is 1. The number of fused-ring (bicyclic) bond motifs is 1. The summed E-state index contributed by atoms with van der Waals surface area (Å²) in [5.74, 6) is -0.0695. The van der Waals surface area contributed by atoms with Gasteiger partial charge in [-0.15, -0.1) is 0 Å². The van der Waals surface area contributed by atoms with Crippen LogP contribution in [-0.2, 0) is 4.79 Å². The van der Waals surface area contributed by atoms with Crippen molar-refractivity contribution in [3.05, 3.63) is 29.8 Å². The normalized spacial score (nSPS) is 24.2. The van der Waals surface area contributed by atoms with Gasteiger partial charge in [-0.1, -0.05) is 17.2 Å². The highest BCUT2D eigenvalue weighted by Crippen LogP contribution is 2.32. The Hall–Kier alpha value is -1.72. The molecule has 2 aliphatic heterocycles. The molecule has 1 aromatic rings. The number of rotatable bonds is 1. The van der Waals surface area contributed by atoms with E-state index < -0.39 is 6.10 Å². The molecule has 5 nitrogen and oxygen atoms in total. The van der Waals surface area contributed by atoms with E-state index in [2.05, 4.69) is 5.10 Å². The largest absolute Gasteiger partial charge is 0.391 e. The Kier molecular flexibility index (Phi) is 3.11. The molecule has 3 rings (SSSR count). The van der Waals surface area contributed by atoms with E-state index in [1.807, 2.05) is 38.4 Å². The molecule has 1 atom stereocenters. The van der Waals surface area contributed by atoms with Crippen LogP contribution in [0.4, 0.5) is 5.69 Å². The van der Waals surface area contributed by atoms with Gasteiger partial charge in [-0.05, 0) is 18.9 Å². The number of aliphatic hydroxyl groups is 1. The fourth-order valence-corrected chi connectivity index (χ4v) is 2.96. The first-order chi connectivity index (χ1) is 9.49. The summed E-state index contributed by atoms with van der Waals surface area (Å²) in [4.78, 5) is 14.4. The predicted octanol–water partition coefficient (Wildman–Crippen LogP) is 0.954. The van der Waals surface area contributed by atoms with Gasteiger partial charge in [0.25, 0.3) is 5.91 Å². The zero-order chi connectivity index (χ0) is 14.3. The molecular weight excluding hydrogens is 254 g/mol. The minimum absolute atomic E-state index is 0.0695. The summed E-state index contributed by atoms with van der Waals surface area (Å²) in [6.45, 7) is 1.11. The number of hydrogen-bond donors (Lipinski definition) is 1. The number of nitrogens with zero attached hydrogens (tertiary/aromatic N) is 3. The van der Waals surface area contributed by atoms with Crippen LogP contribution >= 0.6 is 0 Å². The van der Waals surface area contributed by atoms with Crippen LogP contribution in [0, 0.1) is 0 Å². The lowest BCUT2D eigenvalue weighted by Crippen LogP contribution is -2.45. The number of β-amino-alcohol motifs (C(OH)–C–C–N with tert-alkyl or cyclic N) is 1. The van der Waals surface area contributed by atoms with Crippen molar-refractivity contribution in [1.29, 1.82) is 0 Å². The summed E-state index contributed by atoms with van der Waals surface area (Å²) in [7, 11) is 3.92. The van der Waals surface area contributed by atoms with E-state index in [0.717, 1.165) is 24.1 Å². The predicted molar refractivity (Wildman–Crippen MR) is 78.4 cm³/mol. The van der Waals surface area contributed by atoms with Crippen molar-refractivity contribution >= 4 is 17.3 Å². The maximum Gasteiger partial charge on any atom is 0.278 e. The van der Waals surface area contributed by atoms with E-state index in [0.29, 0.717) is 23.4 Å². The van der Waals surface area contributed by atoms with Crippen LogP contribution in [0.2, 0.25) is 0 Å². The Balaban J connectivity index is 1.93. The molecular formula is C15H20N3O2+. The van der Waals surface area contributed by atoms with Crippen LogP contribution in [0.25, 0.3) is 0 Å². The number of aliphatic hydroxyl groups excluding tert-OH is 1. The Morgan fingerprint density at radius 2 is 2.15 bits per heavy atom. The molecule has 1 N–H and O–H groups in total. The molecule has 0 saturated carbocycles. The molecule has 0 aromatic heterocycles. The second-order valence-corrected chi connectivity index (χ2v) is 5.91. The molecule has 1 fully saturated rings. The number of amides is 1. The number of likely N-dealkylation sites (tertiary alicyclic amines) is 1. The lowest BCUT2D eigenvalue weighted by atomic mass is 10.0. The third-order valence-electron chi connectivity index (χ3n) is 3.99. The molecule has 2 aliphatic rings. The molecule has 1 aromatic carbocycles. The minimum Gasteiger partial charge on any atom is -0.391 e. The fourth-order valence-electron chi connectivity index (χ4n) is 2.96. The van der Waals surface area contributed by atoms with Gasteiger partial charge in [0.1, 0.15) is 0 Å². The van der Waals surface area contributed by atoms with Gasteiger partial charge in [0.05, 0.1) is 25.8 Å². The third kappa shape index (κ3) is 2.13. The number of benzene rings is 1. The van der Waals surface area contributed by atoms with Crippen LogP contribution in [0.15, 0.2) is 29.4 Å². The number of para-hydroxylation sites is 1. The molecule has 1 amide bonds. The van der Waals surface area contributed by atoms with Crippen LogP contribution in [0.3, 0.4) is 0 Å². The smallest absolute Gasteiger partial charge is 0.278 e. The number of piperidine rings is 1. The quantitative estimate of drug-likeness (QED) is 0.775.